The number of hydrogen-bond acceptors (Lipinski definition) is 6. The summed E-state index contributed by atoms with van der Waals surface area (Å²) in [5.74, 6) is -0.364. The molecule has 0 aromatic carbocycles. The Hall–Kier alpha value is -2.15. The minimum Gasteiger partial charge on any atom is -0.462 e. The first-order valence-corrected chi connectivity index (χ1v) is 24.6. The van der Waals surface area contributed by atoms with Crippen LogP contribution in [-0.4, -0.2) is 60.6 Å². The fourth-order valence-electron chi connectivity index (χ4n) is 7.92. The first-order chi connectivity index (χ1) is 27.9. The van der Waals surface area contributed by atoms with Gasteiger partial charge in [-0.25, -0.2) is 0 Å². The van der Waals surface area contributed by atoms with Crippen LogP contribution in [0, 0.1) is 0 Å². The smallest absolute Gasteiger partial charge is 0.306 e. The van der Waals surface area contributed by atoms with Crippen molar-refractivity contribution in [2.24, 2.45) is 0 Å². The highest BCUT2D eigenvalue weighted by atomic mass is 16.6. The molecule has 1 N–H and O–H groups in total. The zero-order chi connectivity index (χ0) is 41.5. The molecule has 1 amide bonds. The Labute approximate surface area is 352 Å². The molecule has 0 aromatic heterocycles. The molecule has 7 heteroatoms. The maximum atomic E-state index is 14.0. The Morgan fingerprint density at radius 2 is 1.09 bits per heavy atom. The van der Waals surface area contributed by atoms with E-state index in [1.165, 1.54) is 57.8 Å². The molecule has 1 rings (SSSR count). The highest BCUT2D eigenvalue weighted by Crippen LogP contribution is 2.29. The summed E-state index contributed by atoms with van der Waals surface area (Å²) in [5, 5.41) is 3.17. The first kappa shape index (κ1) is 52.9. The summed E-state index contributed by atoms with van der Waals surface area (Å²) in [5.41, 5.74) is -1.09. The Balaban J connectivity index is 2.64. The number of allylic oxidation sites excluding steroid dienone is 4. The number of amides is 1. The SMILES string of the molecule is CCCCC/C=C\C/C=C\CCCCCCCCC(CCCCCCCCC(=O)OC(CCCC)CCCC)(OC(=O)CCCN1CCCC1)C(=O)NCCCC. The number of esters is 2. The van der Waals surface area contributed by atoms with E-state index in [4.69, 9.17) is 9.47 Å². The molecule has 1 atom stereocenters. The average molecular weight is 801 g/mol. The number of ether oxygens (including phenoxy) is 2. The number of rotatable bonds is 40. The van der Waals surface area contributed by atoms with Crippen LogP contribution in [0.15, 0.2) is 24.3 Å². The second kappa shape index (κ2) is 38.1. The van der Waals surface area contributed by atoms with Crippen LogP contribution in [-0.2, 0) is 23.9 Å². The molecule has 332 valence electrons. The standard InChI is InChI=1S/C50H92N2O5/c1-5-9-13-14-15-16-17-18-19-20-21-22-23-25-28-31-40-50(49(55)51-42-12-8-4,57-48(54)39-35-45-52-43-33-34-44-52)41-32-29-26-24-27-30-38-47(53)56-46(36-10-6-2)37-11-7-3/h15-16,18-19,46H,5-14,17,20-45H2,1-4H3,(H,51,55)/b16-15-,19-18-. The van der Waals surface area contributed by atoms with E-state index in [9.17, 15) is 14.4 Å². The van der Waals surface area contributed by atoms with Crippen molar-refractivity contribution in [3.63, 3.8) is 0 Å². The van der Waals surface area contributed by atoms with Gasteiger partial charge >= 0.3 is 11.9 Å². The van der Waals surface area contributed by atoms with E-state index in [1.807, 2.05) is 0 Å². The number of hydrogen-bond donors (Lipinski definition) is 1. The predicted molar refractivity (Wildman–Crippen MR) is 241 cm³/mol. The van der Waals surface area contributed by atoms with Crippen molar-refractivity contribution in [1.82, 2.24) is 10.2 Å². The van der Waals surface area contributed by atoms with E-state index in [1.54, 1.807) is 0 Å². The average Bonchev–Trinajstić information content (AvgIpc) is 3.73. The minimum atomic E-state index is -1.09. The third-order valence-electron chi connectivity index (χ3n) is 11.6. The molecule has 1 saturated heterocycles. The third-order valence-corrected chi connectivity index (χ3v) is 11.6. The van der Waals surface area contributed by atoms with E-state index in [2.05, 4.69) is 62.2 Å². The van der Waals surface area contributed by atoms with E-state index in [-0.39, 0.29) is 23.9 Å². The van der Waals surface area contributed by atoms with E-state index in [0.717, 1.165) is 148 Å². The molecule has 1 heterocycles. The maximum Gasteiger partial charge on any atom is 0.306 e. The van der Waals surface area contributed by atoms with Gasteiger partial charge in [0.2, 0.25) is 0 Å². The van der Waals surface area contributed by atoms with Gasteiger partial charge in [0.05, 0.1) is 0 Å². The lowest BCUT2D eigenvalue weighted by atomic mass is 9.88. The van der Waals surface area contributed by atoms with Crippen molar-refractivity contribution >= 4 is 17.8 Å². The number of carbonyl (C=O) groups excluding carboxylic acids is 3. The predicted octanol–water partition coefficient (Wildman–Crippen LogP) is 13.7. The molecule has 1 unspecified atom stereocenters. The lowest BCUT2D eigenvalue weighted by molar-refractivity contribution is -0.171. The normalized spacial score (nSPS) is 14.5. The highest BCUT2D eigenvalue weighted by Gasteiger charge is 2.41. The topological polar surface area (TPSA) is 84.9 Å². The van der Waals surface area contributed by atoms with Crippen LogP contribution in [0.1, 0.15) is 240 Å². The number of nitrogens with zero attached hydrogens (tertiary/aromatic N) is 1. The number of likely N-dealkylation sites (tertiary alicyclic amines) is 1. The lowest BCUT2D eigenvalue weighted by Gasteiger charge is -2.33. The lowest BCUT2D eigenvalue weighted by Crippen LogP contribution is -2.50. The molecular weight excluding hydrogens is 709 g/mol. The van der Waals surface area contributed by atoms with Crippen molar-refractivity contribution in [2.75, 3.05) is 26.2 Å². The Morgan fingerprint density at radius 1 is 0.579 bits per heavy atom. The number of nitrogens with one attached hydrogen (secondary N) is 1. The van der Waals surface area contributed by atoms with Gasteiger partial charge in [-0.15, -0.1) is 0 Å². The second-order valence-electron chi connectivity index (χ2n) is 17.1. The molecule has 0 saturated carbocycles. The van der Waals surface area contributed by atoms with Crippen molar-refractivity contribution in [3.8, 4) is 0 Å². The highest BCUT2D eigenvalue weighted by molar-refractivity contribution is 5.88. The van der Waals surface area contributed by atoms with Crippen molar-refractivity contribution in [1.29, 1.82) is 0 Å². The van der Waals surface area contributed by atoms with Gasteiger partial charge in [-0.2, -0.15) is 0 Å². The summed E-state index contributed by atoms with van der Waals surface area (Å²) >= 11 is 0. The van der Waals surface area contributed by atoms with Gasteiger partial charge in [-0.05, 0) is 122 Å². The van der Waals surface area contributed by atoms with Crippen LogP contribution >= 0.6 is 0 Å². The van der Waals surface area contributed by atoms with Crippen LogP contribution in [0.4, 0.5) is 0 Å². The Kier molecular flexibility index (Phi) is 35.3. The molecule has 0 radical (unpaired) electrons. The molecule has 1 aliphatic heterocycles. The third kappa shape index (κ3) is 29.7. The summed E-state index contributed by atoms with van der Waals surface area (Å²) in [7, 11) is 0. The summed E-state index contributed by atoms with van der Waals surface area (Å²) in [4.78, 5) is 42.3. The monoisotopic (exact) mass is 801 g/mol. The van der Waals surface area contributed by atoms with Crippen LogP contribution in [0.3, 0.4) is 0 Å². The van der Waals surface area contributed by atoms with Gasteiger partial charge in [0, 0.05) is 19.4 Å². The molecule has 1 aliphatic rings. The summed E-state index contributed by atoms with van der Waals surface area (Å²) in [6.45, 7) is 12.5. The maximum absolute atomic E-state index is 14.0. The Morgan fingerprint density at radius 3 is 1.67 bits per heavy atom. The van der Waals surface area contributed by atoms with Crippen LogP contribution in [0.5, 0.6) is 0 Å². The summed E-state index contributed by atoms with van der Waals surface area (Å²) in [6.07, 6.45) is 42.8. The van der Waals surface area contributed by atoms with Crippen LogP contribution < -0.4 is 5.32 Å². The van der Waals surface area contributed by atoms with Crippen LogP contribution in [0.25, 0.3) is 0 Å². The second-order valence-corrected chi connectivity index (χ2v) is 17.1. The molecule has 57 heavy (non-hydrogen) atoms. The van der Waals surface area contributed by atoms with E-state index < -0.39 is 5.60 Å². The molecular formula is C50H92N2O5. The molecule has 0 spiro atoms. The molecule has 0 aromatic rings. The van der Waals surface area contributed by atoms with Gasteiger partial charge in [0.1, 0.15) is 6.10 Å². The summed E-state index contributed by atoms with van der Waals surface area (Å²) in [6, 6.07) is 0. The quantitative estimate of drug-likeness (QED) is 0.0377. The Bertz CT molecular complexity index is 1010. The van der Waals surface area contributed by atoms with Gasteiger partial charge in [-0.3, -0.25) is 14.4 Å². The first-order valence-electron chi connectivity index (χ1n) is 24.6. The molecule has 1 fully saturated rings. The summed E-state index contributed by atoms with van der Waals surface area (Å²) < 4.78 is 12.2. The fourth-order valence-corrected chi connectivity index (χ4v) is 7.92. The van der Waals surface area contributed by atoms with Gasteiger partial charge in [-0.1, -0.05) is 148 Å². The van der Waals surface area contributed by atoms with E-state index in [0.29, 0.717) is 32.2 Å². The van der Waals surface area contributed by atoms with Gasteiger partial charge in [0.15, 0.2) is 5.60 Å². The number of unbranched alkanes of at least 4 members (excludes halogenated alkanes) is 17. The van der Waals surface area contributed by atoms with Gasteiger partial charge in [0.25, 0.3) is 5.91 Å². The molecule has 0 bridgehead atoms. The van der Waals surface area contributed by atoms with E-state index >= 15 is 0 Å². The van der Waals surface area contributed by atoms with Crippen molar-refractivity contribution < 1.29 is 23.9 Å². The molecule has 0 aliphatic carbocycles. The zero-order valence-corrected chi connectivity index (χ0v) is 38.0. The van der Waals surface area contributed by atoms with Crippen molar-refractivity contribution in [2.45, 2.75) is 251 Å². The fraction of sp³-hybridized carbons (Fsp3) is 0.860. The van der Waals surface area contributed by atoms with Crippen molar-refractivity contribution in [3.05, 3.63) is 24.3 Å². The zero-order valence-electron chi connectivity index (χ0n) is 38.0. The minimum absolute atomic E-state index is 0.0441. The molecule has 7 nitrogen and oxygen atoms in total. The van der Waals surface area contributed by atoms with Crippen LogP contribution in [0.2, 0.25) is 0 Å². The number of carbonyl (C=O) groups is 3. The van der Waals surface area contributed by atoms with Gasteiger partial charge < -0.3 is 19.7 Å². The largest absolute Gasteiger partial charge is 0.462 e.